The molecule has 3 rings (SSSR count). The lowest BCUT2D eigenvalue weighted by Crippen LogP contribution is -2.29. The first kappa shape index (κ1) is 13.5. The molecule has 1 aliphatic rings. The van der Waals surface area contributed by atoms with Gasteiger partial charge in [0.1, 0.15) is 11.2 Å². The third-order valence-corrected chi connectivity index (χ3v) is 4.70. The van der Waals surface area contributed by atoms with Crippen molar-refractivity contribution < 1.29 is 4.79 Å². The Kier molecular flexibility index (Phi) is 3.68. The zero-order valence-corrected chi connectivity index (χ0v) is 12.5. The fourth-order valence-electron chi connectivity index (χ4n) is 2.26. The summed E-state index contributed by atoms with van der Waals surface area (Å²) in [6.45, 7) is 1.97. The molecule has 1 atom stereocenters. The highest BCUT2D eigenvalue weighted by atomic mass is 35.5. The molecule has 0 saturated carbocycles. The number of amides is 1. The number of halogens is 1. The van der Waals surface area contributed by atoms with Gasteiger partial charge in [-0.25, -0.2) is 4.98 Å². The Morgan fingerprint density at radius 1 is 1.30 bits per heavy atom. The zero-order chi connectivity index (χ0) is 14.1. The highest BCUT2D eigenvalue weighted by molar-refractivity contribution is 8.00. The lowest BCUT2D eigenvalue weighted by atomic mass is 10.2. The van der Waals surface area contributed by atoms with Crippen LogP contribution in [0.1, 0.15) is 16.5 Å². The second kappa shape index (κ2) is 5.46. The average molecular weight is 305 g/mol. The zero-order valence-electron chi connectivity index (χ0n) is 10.9. The third kappa shape index (κ3) is 2.41. The fraction of sp³-hybridized carbons (Fsp3) is 0.200. The van der Waals surface area contributed by atoms with Crippen molar-refractivity contribution in [1.29, 1.82) is 0 Å². The SMILES string of the molecule is Cc1cccnc1N1C(=O)CSC1c1ccc(Cl)cc1. The van der Waals surface area contributed by atoms with Crippen LogP contribution in [-0.2, 0) is 4.79 Å². The van der Waals surface area contributed by atoms with Crippen molar-refractivity contribution >= 4 is 35.1 Å². The molecule has 0 radical (unpaired) electrons. The van der Waals surface area contributed by atoms with Crippen LogP contribution >= 0.6 is 23.4 Å². The van der Waals surface area contributed by atoms with Crippen molar-refractivity contribution in [1.82, 2.24) is 4.98 Å². The summed E-state index contributed by atoms with van der Waals surface area (Å²) < 4.78 is 0. The van der Waals surface area contributed by atoms with Crippen molar-refractivity contribution in [3.8, 4) is 0 Å². The minimum absolute atomic E-state index is 0.0339. The van der Waals surface area contributed by atoms with Crippen LogP contribution in [0.3, 0.4) is 0 Å². The summed E-state index contributed by atoms with van der Waals surface area (Å²) in [5.41, 5.74) is 2.07. The van der Waals surface area contributed by atoms with E-state index in [-0.39, 0.29) is 11.3 Å². The number of carbonyl (C=O) groups is 1. The highest BCUT2D eigenvalue weighted by Gasteiger charge is 2.35. The molecule has 1 unspecified atom stereocenters. The fourth-order valence-corrected chi connectivity index (χ4v) is 3.54. The minimum Gasteiger partial charge on any atom is -0.279 e. The molecule has 1 aromatic heterocycles. The van der Waals surface area contributed by atoms with E-state index in [4.69, 9.17) is 11.6 Å². The number of pyridine rings is 1. The molecular formula is C15H13ClN2OS. The van der Waals surface area contributed by atoms with Gasteiger partial charge in [-0.15, -0.1) is 11.8 Å². The topological polar surface area (TPSA) is 33.2 Å². The summed E-state index contributed by atoms with van der Waals surface area (Å²) in [4.78, 5) is 18.4. The van der Waals surface area contributed by atoms with Crippen molar-refractivity contribution in [2.75, 3.05) is 10.7 Å². The largest absolute Gasteiger partial charge is 0.279 e. The molecule has 1 aliphatic heterocycles. The maximum atomic E-state index is 12.2. The van der Waals surface area contributed by atoms with E-state index in [1.54, 1.807) is 22.9 Å². The number of rotatable bonds is 2. The van der Waals surface area contributed by atoms with E-state index < -0.39 is 0 Å². The summed E-state index contributed by atoms with van der Waals surface area (Å²) in [5.74, 6) is 1.31. The Bertz CT molecular complexity index is 645. The number of benzene rings is 1. The van der Waals surface area contributed by atoms with Crippen molar-refractivity contribution in [2.45, 2.75) is 12.3 Å². The molecule has 3 nitrogen and oxygen atoms in total. The first-order valence-corrected chi connectivity index (χ1v) is 7.70. The number of carbonyl (C=O) groups excluding carboxylic acids is 1. The van der Waals surface area contributed by atoms with Gasteiger partial charge in [0.05, 0.1) is 5.75 Å². The van der Waals surface area contributed by atoms with Crippen LogP contribution in [0.2, 0.25) is 5.02 Å². The van der Waals surface area contributed by atoms with Gasteiger partial charge < -0.3 is 0 Å². The number of hydrogen-bond acceptors (Lipinski definition) is 3. The molecule has 5 heteroatoms. The van der Waals surface area contributed by atoms with Crippen LogP contribution in [0, 0.1) is 6.92 Å². The van der Waals surface area contributed by atoms with Crippen molar-refractivity contribution in [2.24, 2.45) is 0 Å². The summed E-state index contributed by atoms with van der Waals surface area (Å²) in [7, 11) is 0. The predicted molar refractivity (Wildman–Crippen MR) is 83.1 cm³/mol. The van der Waals surface area contributed by atoms with Gasteiger partial charge in [0, 0.05) is 11.2 Å². The number of hydrogen-bond donors (Lipinski definition) is 0. The van der Waals surface area contributed by atoms with Crippen LogP contribution in [-0.4, -0.2) is 16.6 Å². The van der Waals surface area contributed by atoms with E-state index in [1.165, 1.54) is 0 Å². The Morgan fingerprint density at radius 3 is 2.75 bits per heavy atom. The molecule has 2 heterocycles. The summed E-state index contributed by atoms with van der Waals surface area (Å²) in [6, 6.07) is 11.5. The van der Waals surface area contributed by atoms with Gasteiger partial charge in [0.25, 0.3) is 0 Å². The van der Waals surface area contributed by atoms with Crippen LogP contribution in [0.25, 0.3) is 0 Å². The molecule has 0 bridgehead atoms. The van der Waals surface area contributed by atoms with E-state index >= 15 is 0 Å². The van der Waals surface area contributed by atoms with E-state index in [0.717, 1.165) is 16.9 Å². The van der Waals surface area contributed by atoms with E-state index in [1.807, 2.05) is 43.3 Å². The van der Waals surface area contributed by atoms with Crippen LogP contribution in [0.4, 0.5) is 5.82 Å². The highest BCUT2D eigenvalue weighted by Crippen LogP contribution is 2.41. The minimum atomic E-state index is -0.0339. The van der Waals surface area contributed by atoms with Crippen LogP contribution in [0.5, 0.6) is 0 Å². The number of anilines is 1. The second-order valence-electron chi connectivity index (χ2n) is 4.62. The molecule has 1 saturated heterocycles. The number of aromatic nitrogens is 1. The lowest BCUT2D eigenvalue weighted by molar-refractivity contribution is -0.115. The molecule has 20 heavy (non-hydrogen) atoms. The van der Waals surface area contributed by atoms with Gasteiger partial charge in [-0.3, -0.25) is 9.69 Å². The molecule has 1 fully saturated rings. The molecule has 1 aromatic carbocycles. The lowest BCUT2D eigenvalue weighted by Gasteiger charge is -2.24. The standard InChI is InChI=1S/C15H13ClN2OS/c1-10-3-2-8-17-14(10)18-13(19)9-20-15(18)11-4-6-12(16)7-5-11/h2-8,15H,9H2,1H3. The Morgan fingerprint density at radius 2 is 2.05 bits per heavy atom. The molecule has 0 aliphatic carbocycles. The van der Waals surface area contributed by atoms with Crippen LogP contribution in [0.15, 0.2) is 42.6 Å². The van der Waals surface area contributed by atoms with Gasteiger partial charge in [-0.05, 0) is 36.2 Å². The first-order chi connectivity index (χ1) is 9.66. The number of nitrogens with zero attached hydrogens (tertiary/aromatic N) is 2. The quantitative estimate of drug-likeness (QED) is 0.845. The van der Waals surface area contributed by atoms with Gasteiger partial charge in [-0.1, -0.05) is 29.8 Å². The van der Waals surface area contributed by atoms with Gasteiger partial charge in [-0.2, -0.15) is 0 Å². The molecule has 102 valence electrons. The predicted octanol–water partition coefficient (Wildman–Crippen LogP) is 3.82. The van der Waals surface area contributed by atoms with Crippen molar-refractivity contribution in [3.05, 3.63) is 58.7 Å². The normalized spacial score (nSPS) is 18.6. The molecule has 1 amide bonds. The molecule has 2 aromatic rings. The summed E-state index contributed by atoms with van der Waals surface area (Å²) in [6.07, 6.45) is 1.72. The average Bonchev–Trinajstić information content (AvgIpc) is 2.82. The van der Waals surface area contributed by atoms with Gasteiger partial charge in [0.15, 0.2) is 0 Å². The van der Waals surface area contributed by atoms with E-state index in [0.29, 0.717) is 10.8 Å². The summed E-state index contributed by atoms with van der Waals surface area (Å²) >= 11 is 7.54. The van der Waals surface area contributed by atoms with Gasteiger partial charge >= 0.3 is 0 Å². The van der Waals surface area contributed by atoms with Crippen LogP contribution < -0.4 is 4.90 Å². The van der Waals surface area contributed by atoms with E-state index in [9.17, 15) is 4.79 Å². The molecular weight excluding hydrogens is 292 g/mol. The monoisotopic (exact) mass is 304 g/mol. The molecule has 0 N–H and O–H groups in total. The maximum absolute atomic E-state index is 12.2. The Balaban J connectivity index is 2.01. The van der Waals surface area contributed by atoms with E-state index in [2.05, 4.69) is 4.98 Å². The summed E-state index contributed by atoms with van der Waals surface area (Å²) in [5, 5.41) is 0.664. The third-order valence-electron chi connectivity index (χ3n) is 3.23. The Hall–Kier alpha value is -1.52. The van der Waals surface area contributed by atoms with Crippen molar-refractivity contribution in [3.63, 3.8) is 0 Å². The molecule has 0 spiro atoms. The first-order valence-electron chi connectivity index (χ1n) is 6.27. The smallest absolute Gasteiger partial charge is 0.239 e. The van der Waals surface area contributed by atoms with Gasteiger partial charge in [0.2, 0.25) is 5.91 Å². The maximum Gasteiger partial charge on any atom is 0.239 e. The number of aryl methyl sites for hydroxylation is 1. The second-order valence-corrected chi connectivity index (χ2v) is 6.13. The Labute approximate surface area is 127 Å². The number of thioether (sulfide) groups is 1.